The molecule has 3 aromatic carbocycles. The Labute approximate surface area is 180 Å². The molecular weight excluding hydrogens is 392 g/mol. The molecule has 0 aliphatic rings. The van der Waals surface area contributed by atoms with Crippen molar-refractivity contribution in [2.75, 3.05) is 11.9 Å². The molecule has 31 heavy (non-hydrogen) atoms. The molecule has 0 fully saturated rings. The second kappa shape index (κ2) is 8.52. The average Bonchev–Trinajstić information content (AvgIpc) is 3.15. The number of ether oxygens (including phenoxy) is 1. The van der Waals surface area contributed by atoms with E-state index in [9.17, 15) is 9.90 Å². The Kier molecular flexibility index (Phi) is 5.62. The minimum absolute atomic E-state index is 0.0267. The van der Waals surface area contributed by atoms with E-state index in [1.807, 2.05) is 32.9 Å². The van der Waals surface area contributed by atoms with E-state index in [1.165, 1.54) is 6.07 Å². The Morgan fingerprint density at radius 2 is 1.81 bits per heavy atom. The van der Waals surface area contributed by atoms with Crippen LogP contribution in [0.5, 0.6) is 11.5 Å². The molecule has 0 radical (unpaired) electrons. The maximum Gasteiger partial charge on any atom is 0.255 e. The number of aromatic nitrogens is 1. The van der Waals surface area contributed by atoms with Gasteiger partial charge in [-0.25, -0.2) is 4.98 Å². The molecule has 6 heteroatoms. The number of hydrogen-bond acceptors (Lipinski definition) is 5. The van der Waals surface area contributed by atoms with Gasteiger partial charge >= 0.3 is 0 Å². The number of phenolic OH excluding ortho intramolecular Hbond substituents is 1. The third-order valence-electron chi connectivity index (χ3n) is 5.08. The number of anilines is 1. The first-order chi connectivity index (χ1) is 14.9. The first-order valence-electron chi connectivity index (χ1n) is 10.2. The van der Waals surface area contributed by atoms with Crippen LogP contribution in [0.4, 0.5) is 5.69 Å². The van der Waals surface area contributed by atoms with Gasteiger partial charge in [-0.15, -0.1) is 0 Å². The van der Waals surface area contributed by atoms with E-state index in [0.29, 0.717) is 34.9 Å². The molecular formula is C25H24N2O4. The van der Waals surface area contributed by atoms with Gasteiger partial charge in [0.2, 0.25) is 5.89 Å². The fourth-order valence-electron chi connectivity index (χ4n) is 3.21. The number of benzene rings is 3. The number of aryl methyl sites for hydroxylation is 2. The highest BCUT2D eigenvalue weighted by molar-refractivity contribution is 6.04. The normalized spacial score (nSPS) is 10.9. The molecule has 6 nitrogen and oxygen atoms in total. The number of nitrogens with zero attached hydrogens (tertiary/aromatic N) is 1. The highest BCUT2D eigenvalue weighted by atomic mass is 16.5. The van der Waals surface area contributed by atoms with Crippen LogP contribution in [0.25, 0.3) is 22.6 Å². The van der Waals surface area contributed by atoms with Crippen molar-refractivity contribution in [1.29, 1.82) is 0 Å². The summed E-state index contributed by atoms with van der Waals surface area (Å²) >= 11 is 0. The van der Waals surface area contributed by atoms with Gasteiger partial charge in [0.05, 0.1) is 12.2 Å². The second-order valence-electron chi connectivity index (χ2n) is 7.48. The Morgan fingerprint density at radius 3 is 2.52 bits per heavy atom. The molecule has 1 heterocycles. The summed E-state index contributed by atoms with van der Waals surface area (Å²) in [6, 6.07) is 15.7. The molecule has 158 valence electrons. The maximum atomic E-state index is 12.5. The number of hydrogen-bond donors (Lipinski definition) is 2. The fourth-order valence-corrected chi connectivity index (χ4v) is 3.21. The fraction of sp³-hybridized carbons (Fsp3) is 0.200. The summed E-state index contributed by atoms with van der Waals surface area (Å²) in [4.78, 5) is 17.0. The van der Waals surface area contributed by atoms with Crippen molar-refractivity contribution in [2.45, 2.75) is 27.2 Å². The topological polar surface area (TPSA) is 84.6 Å². The summed E-state index contributed by atoms with van der Waals surface area (Å²) in [7, 11) is 0. The molecule has 0 atom stereocenters. The summed E-state index contributed by atoms with van der Waals surface area (Å²) in [5.41, 5.74) is 5.07. The van der Waals surface area contributed by atoms with Crippen LogP contribution in [0, 0.1) is 13.8 Å². The molecule has 0 saturated carbocycles. The van der Waals surface area contributed by atoms with Gasteiger partial charge in [-0.1, -0.05) is 6.92 Å². The highest BCUT2D eigenvalue weighted by Gasteiger charge is 2.15. The Balaban J connectivity index is 1.51. The summed E-state index contributed by atoms with van der Waals surface area (Å²) < 4.78 is 11.4. The molecule has 0 unspecified atom stereocenters. The predicted molar refractivity (Wildman–Crippen MR) is 121 cm³/mol. The predicted octanol–water partition coefficient (Wildman–Crippen LogP) is 5.86. The van der Waals surface area contributed by atoms with E-state index < -0.39 is 0 Å². The Hall–Kier alpha value is -3.80. The number of phenols is 1. The van der Waals surface area contributed by atoms with Crippen molar-refractivity contribution in [2.24, 2.45) is 0 Å². The SMILES string of the molecule is CCCOc1ccc(C(=O)Nc2ccc(-c3nc4cc(C)c(C)cc4o3)c(O)c2)cc1. The van der Waals surface area contributed by atoms with Gasteiger partial charge in [0.25, 0.3) is 5.91 Å². The van der Waals surface area contributed by atoms with Crippen LogP contribution in [-0.4, -0.2) is 22.6 Å². The second-order valence-corrected chi connectivity index (χ2v) is 7.48. The van der Waals surface area contributed by atoms with E-state index in [1.54, 1.807) is 36.4 Å². The number of amides is 1. The minimum Gasteiger partial charge on any atom is -0.507 e. The lowest BCUT2D eigenvalue weighted by molar-refractivity contribution is 0.102. The third-order valence-corrected chi connectivity index (χ3v) is 5.08. The van der Waals surface area contributed by atoms with Crippen LogP contribution in [-0.2, 0) is 0 Å². The van der Waals surface area contributed by atoms with Gasteiger partial charge in [0.15, 0.2) is 5.58 Å². The van der Waals surface area contributed by atoms with Crippen LogP contribution in [0.3, 0.4) is 0 Å². The molecule has 1 amide bonds. The van der Waals surface area contributed by atoms with E-state index in [2.05, 4.69) is 10.3 Å². The van der Waals surface area contributed by atoms with Crippen molar-refractivity contribution in [3.05, 3.63) is 71.3 Å². The van der Waals surface area contributed by atoms with Crippen molar-refractivity contribution in [3.8, 4) is 23.0 Å². The van der Waals surface area contributed by atoms with Crippen molar-refractivity contribution < 1.29 is 19.1 Å². The number of nitrogens with one attached hydrogen (secondary N) is 1. The lowest BCUT2D eigenvalue weighted by atomic mass is 10.1. The lowest BCUT2D eigenvalue weighted by Gasteiger charge is -2.09. The number of rotatable bonds is 6. The maximum absolute atomic E-state index is 12.5. The Morgan fingerprint density at radius 1 is 1.06 bits per heavy atom. The third kappa shape index (κ3) is 4.38. The molecule has 0 spiro atoms. The molecule has 0 aliphatic carbocycles. The smallest absolute Gasteiger partial charge is 0.255 e. The van der Waals surface area contributed by atoms with Crippen molar-refractivity contribution in [1.82, 2.24) is 4.98 Å². The number of oxazole rings is 1. The van der Waals surface area contributed by atoms with Gasteiger partial charge < -0.3 is 19.6 Å². The molecule has 1 aromatic heterocycles. The zero-order valence-corrected chi connectivity index (χ0v) is 17.7. The van der Waals surface area contributed by atoms with Crippen LogP contribution >= 0.6 is 0 Å². The van der Waals surface area contributed by atoms with Gasteiger partial charge in [0.1, 0.15) is 17.0 Å². The molecule has 4 rings (SSSR count). The quantitative estimate of drug-likeness (QED) is 0.411. The standard InChI is InChI=1S/C25H24N2O4/c1-4-11-30-19-8-5-17(6-9-19)24(29)26-18-7-10-20(22(28)14-18)25-27-21-12-15(2)16(3)13-23(21)31-25/h5-10,12-14,28H,4,11H2,1-3H3,(H,26,29). The van der Waals surface area contributed by atoms with E-state index in [0.717, 1.165) is 28.8 Å². The molecule has 2 N–H and O–H groups in total. The van der Waals surface area contributed by atoms with Crippen LogP contribution in [0.2, 0.25) is 0 Å². The van der Waals surface area contributed by atoms with Gasteiger partial charge in [-0.3, -0.25) is 4.79 Å². The zero-order valence-electron chi connectivity index (χ0n) is 17.7. The van der Waals surface area contributed by atoms with E-state index >= 15 is 0 Å². The first-order valence-corrected chi connectivity index (χ1v) is 10.2. The number of aromatic hydroxyl groups is 1. The van der Waals surface area contributed by atoms with Crippen molar-refractivity contribution in [3.63, 3.8) is 0 Å². The van der Waals surface area contributed by atoms with E-state index in [4.69, 9.17) is 9.15 Å². The zero-order chi connectivity index (χ0) is 22.0. The largest absolute Gasteiger partial charge is 0.507 e. The molecule has 0 aliphatic heterocycles. The summed E-state index contributed by atoms with van der Waals surface area (Å²) in [5.74, 6) is 0.755. The summed E-state index contributed by atoms with van der Waals surface area (Å²) in [5, 5.41) is 13.3. The monoisotopic (exact) mass is 416 g/mol. The van der Waals surface area contributed by atoms with Crippen LogP contribution in [0.1, 0.15) is 34.8 Å². The lowest BCUT2D eigenvalue weighted by Crippen LogP contribution is -2.11. The number of fused-ring (bicyclic) bond motifs is 1. The van der Waals surface area contributed by atoms with E-state index in [-0.39, 0.29) is 11.7 Å². The Bertz CT molecular complexity index is 1200. The summed E-state index contributed by atoms with van der Waals surface area (Å²) in [6.45, 7) is 6.70. The van der Waals surface area contributed by atoms with Gasteiger partial charge in [0, 0.05) is 17.3 Å². The van der Waals surface area contributed by atoms with Gasteiger partial charge in [-0.05, 0) is 79.9 Å². The number of carbonyl (C=O) groups excluding carboxylic acids is 1. The minimum atomic E-state index is -0.276. The van der Waals surface area contributed by atoms with Crippen LogP contribution in [0.15, 0.2) is 59.0 Å². The highest BCUT2D eigenvalue weighted by Crippen LogP contribution is 2.33. The molecule has 0 saturated heterocycles. The molecule has 0 bridgehead atoms. The summed E-state index contributed by atoms with van der Waals surface area (Å²) in [6.07, 6.45) is 0.921. The van der Waals surface area contributed by atoms with Crippen LogP contribution < -0.4 is 10.1 Å². The van der Waals surface area contributed by atoms with Crippen molar-refractivity contribution >= 4 is 22.7 Å². The average molecular weight is 416 g/mol. The molecule has 4 aromatic rings. The van der Waals surface area contributed by atoms with Gasteiger partial charge in [-0.2, -0.15) is 0 Å². The first kappa shape index (κ1) is 20.5. The number of carbonyl (C=O) groups is 1.